The minimum absolute atomic E-state index is 0.0762. The smallest absolute Gasteiger partial charge is 0.255 e. The number of carbonyl (C=O) groups is 1. The van der Waals surface area contributed by atoms with Crippen molar-refractivity contribution in [3.8, 4) is 0 Å². The van der Waals surface area contributed by atoms with Crippen LogP contribution in [-0.4, -0.2) is 37.6 Å². The first-order valence-corrected chi connectivity index (χ1v) is 10.3. The van der Waals surface area contributed by atoms with Crippen molar-refractivity contribution in [2.24, 2.45) is 0 Å². The van der Waals surface area contributed by atoms with Crippen molar-refractivity contribution in [3.63, 3.8) is 0 Å². The summed E-state index contributed by atoms with van der Waals surface area (Å²) in [5, 5.41) is 0. The summed E-state index contributed by atoms with van der Waals surface area (Å²) in [6.07, 6.45) is 6.09. The van der Waals surface area contributed by atoms with E-state index in [9.17, 15) is 13.2 Å². The molecule has 5 heteroatoms. The molecule has 1 aliphatic carbocycles. The quantitative estimate of drug-likeness (QED) is 0.796. The predicted octanol–water partition coefficient (Wildman–Crippen LogP) is 3.67. The Morgan fingerprint density at radius 3 is 2.39 bits per heavy atom. The van der Waals surface area contributed by atoms with Crippen molar-refractivity contribution >= 4 is 15.7 Å². The highest BCUT2D eigenvalue weighted by atomic mass is 32.2. The van der Waals surface area contributed by atoms with Crippen LogP contribution in [0.2, 0.25) is 0 Å². The molecule has 2 rings (SSSR count). The van der Waals surface area contributed by atoms with Gasteiger partial charge in [0.05, 0.1) is 16.2 Å². The zero-order valence-corrected chi connectivity index (χ0v) is 14.9. The van der Waals surface area contributed by atoms with Crippen molar-refractivity contribution < 1.29 is 13.2 Å². The number of carbonyl (C=O) groups excluding carboxylic acids is 1. The molecule has 0 radical (unpaired) electrons. The second kappa shape index (κ2) is 7.95. The molecule has 128 valence electrons. The zero-order valence-electron chi connectivity index (χ0n) is 14.1. The van der Waals surface area contributed by atoms with Gasteiger partial charge in [-0.25, -0.2) is 8.42 Å². The first-order chi connectivity index (χ1) is 11.0. The molecule has 1 aliphatic rings. The van der Waals surface area contributed by atoms with Crippen LogP contribution in [0.1, 0.15) is 62.7 Å². The molecule has 0 unspecified atom stereocenters. The molecule has 4 nitrogen and oxygen atoms in total. The highest BCUT2D eigenvalue weighted by Crippen LogP contribution is 2.26. The third kappa shape index (κ3) is 4.14. The van der Waals surface area contributed by atoms with Gasteiger partial charge in [0.2, 0.25) is 0 Å². The number of benzene rings is 1. The van der Waals surface area contributed by atoms with Gasteiger partial charge in [-0.05, 0) is 38.3 Å². The molecule has 0 bridgehead atoms. The normalized spacial score (nSPS) is 16.3. The van der Waals surface area contributed by atoms with Crippen LogP contribution in [0, 0.1) is 0 Å². The number of rotatable bonds is 6. The van der Waals surface area contributed by atoms with Crippen molar-refractivity contribution in [1.29, 1.82) is 0 Å². The lowest BCUT2D eigenvalue weighted by Gasteiger charge is -2.34. The number of sulfone groups is 1. The number of amides is 1. The summed E-state index contributed by atoms with van der Waals surface area (Å²) in [5.74, 6) is -0.0676. The lowest BCUT2D eigenvalue weighted by Crippen LogP contribution is -2.41. The molecule has 0 atom stereocenters. The maximum absolute atomic E-state index is 13.0. The van der Waals surface area contributed by atoms with Gasteiger partial charge in [0, 0.05) is 12.6 Å². The lowest BCUT2D eigenvalue weighted by atomic mass is 9.93. The highest BCUT2D eigenvalue weighted by molar-refractivity contribution is 7.91. The van der Waals surface area contributed by atoms with Crippen molar-refractivity contribution in [2.75, 3.05) is 12.3 Å². The minimum atomic E-state index is -3.41. The number of hydrogen-bond acceptors (Lipinski definition) is 3. The van der Waals surface area contributed by atoms with E-state index >= 15 is 0 Å². The van der Waals surface area contributed by atoms with Crippen LogP contribution in [0.5, 0.6) is 0 Å². The highest BCUT2D eigenvalue weighted by Gasteiger charge is 2.29. The van der Waals surface area contributed by atoms with Gasteiger partial charge < -0.3 is 4.90 Å². The fourth-order valence-corrected chi connectivity index (χ4v) is 4.94. The van der Waals surface area contributed by atoms with Crippen LogP contribution in [0.3, 0.4) is 0 Å². The van der Waals surface area contributed by atoms with Crippen LogP contribution in [-0.2, 0) is 9.84 Å². The molecule has 1 saturated carbocycles. The fraction of sp³-hybridized carbons (Fsp3) is 0.611. The van der Waals surface area contributed by atoms with Crippen LogP contribution in [0.15, 0.2) is 29.2 Å². The fourth-order valence-electron chi connectivity index (χ4n) is 3.41. The second-order valence-electron chi connectivity index (χ2n) is 6.20. The number of nitrogens with zero attached hydrogens (tertiary/aromatic N) is 1. The Morgan fingerprint density at radius 1 is 1.13 bits per heavy atom. The van der Waals surface area contributed by atoms with E-state index in [4.69, 9.17) is 0 Å². The molecular formula is C18H27NO3S. The molecule has 0 heterocycles. The molecule has 1 amide bonds. The van der Waals surface area contributed by atoms with E-state index < -0.39 is 9.84 Å². The van der Waals surface area contributed by atoms with E-state index in [1.165, 1.54) is 6.42 Å². The molecule has 1 aromatic carbocycles. The second-order valence-corrected chi connectivity index (χ2v) is 8.28. The van der Waals surface area contributed by atoms with Gasteiger partial charge in [-0.2, -0.15) is 0 Å². The van der Waals surface area contributed by atoms with E-state index in [2.05, 4.69) is 0 Å². The standard InChI is InChI=1S/C18H27NO3S/c1-3-14-23(21,22)17-13-9-8-12-16(17)18(20)19(4-2)15-10-6-5-7-11-15/h8-9,12-13,15H,3-7,10-11,14H2,1-2H3. The van der Waals surface area contributed by atoms with E-state index in [0.29, 0.717) is 18.5 Å². The van der Waals surface area contributed by atoms with Crippen LogP contribution in [0.4, 0.5) is 0 Å². The summed E-state index contributed by atoms with van der Waals surface area (Å²) in [6.45, 7) is 4.42. The van der Waals surface area contributed by atoms with Gasteiger partial charge >= 0.3 is 0 Å². The Bertz CT molecular complexity index is 633. The first kappa shape index (κ1) is 18.0. The van der Waals surface area contributed by atoms with E-state index in [1.54, 1.807) is 24.3 Å². The summed E-state index contributed by atoms with van der Waals surface area (Å²) in [7, 11) is -3.41. The third-order valence-electron chi connectivity index (χ3n) is 4.54. The van der Waals surface area contributed by atoms with Crippen LogP contribution >= 0.6 is 0 Å². The predicted molar refractivity (Wildman–Crippen MR) is 92.4 cm³/mol. The van der Waals surface area contributed by atoms with Crippen molar-refractivity contribution in [3.05, 3.63) is 29.8 Å². The topological polar surface area (TPSA) is 54.5 Å². The average Bonchev–Trinajstić information content (AvgIpc) is 2.56. The monoisotopic (exact) mass is 337 g/mol. The SMILES string of the molecule is CCCS(=O)(=O)c1ccccc1C(=O)N(CC)C1CCCCC1. The summed E-state index contributed by atoms with van der Waals surface area (Å²) in [4.78, 5) is 15.1. The molecule has 1 fully saturated rings. The Balaban J connectivity index is 2.34. The van der Waals surface area contributed by atoms with Gasteiger partial charge in [0.1, 0.15) is 0 Å². The Labute approximate surface area is 139 Å². The summed E-state index contributed by atoms with van der Waals surface area (Å²) in [6, 6.07) is 6.88. The molecule has 0 aliphatic heterocycles. The van der Waals surface area contributed by atoms with Gasteiger partial charge in [0.25, 0.3) is 5.91 Å². The molecule has 0 aromatic heterocycles. The summed E-state index contributed by atoms with van der Waals surface area (Å²) in [5.41, 5.74) is 0.327. The molecule has 0 spiro atoms. The minimum Gasteiger partial charge on any atom is -0.336 e. The number of hydrogen-bond donors (Lipinski definition) is 0. The van der Waals surface area contributed by atoms with E-state index in [1.807, 2.05) is 18.7 Å². The van der Waals surface area contributed by atoms with Crippen molar-refractivity contribution in [1.82, 2.24) is 4.90 Å². The van der Waals surface area contributed by atoms with Crippen LogP contribution in [0.25, 0.3) is 0 Å². The largest absolute Gasteiger partial charge is 0.336 e. The molecule has 0 N–H and O–H groups in total. The maximum atomic E-state index is 13.0. The third-order valence-corrected chi connectivity index (χ3v) is 6.51. The first-order valence-electron chi connectivity index (χ1n) is 8.64. The molecule has 1 aromatic rings. The van der Waals surface area contributed by atoms with Gasteiger partial charge in [-0.1, -0.05) is 38.3 Å². The van der Waals surface area contributed by atoms with Gasteiger partial charge in [-0.15, -0.1) is 0 Å². The Kier molecular flexibility index (Phi) is 6.22. The zero-order chi connectivity index (χ0) is 16.9. The van der Waals surface area contributed by atoms with Gasteiger partial charge in [0.15, 0.2) is 9.84 Å². The lowest BCUT2D eigenvalue weighted by molar-refractivity contribution is 0.0644. The molecular weight excluding hydrogens is 310 g/mol. The summed E-state index contributed by atoms with van der Waals surface area (Å²) >= 11 is 0. The maximum Gasteiger partial charge on any atom is 0.255 e. The van der Waals surface area contributed by atoms with Gasteiger partial charge in [-0.3, -0.25) is 4.79 Å². The molecule has 0 saturated heterocycles. The van der Waals surface area contributed by atoms with Crippen molar-refractivity contribution in [2.45, 2.75) is 63.3 Å². The Hall–Kier alpha value is -1.36. The average molecular weight is 337 g/mol. The summed E-state index contributed by atoms with van der Waals surface area (Å²) < 4.78 is 24.9. The Morgan fingerprint density at radius 2 is 1.78 bits per heavy atom. The molecule has 23 heavy (non-hydrogen) atoms. The van der Waals surface area contributed by atoms with E-state index in [-0.39, 0.29) is 22.6 Å². The van der Waals surface area contributed by atoms with Crippen LogP contribution < -0.4 is 0 Å². The van der Waals surface area contributed by atoms with E-state index in [0.717, 1.165) is 25.7 Å².